The van der Waals surface area contributed by atoms with Gasteiger partial charge in [0.05, 0.1) is 11.0 Å². The van der Waals surface area contributed by atoms with Crippen LogP contribution in [0.3, 0.4) is 0 Å². The van der Waals surface area contributed by atoms with Crippen molar-refractivity contribution in [1.82, 2.24) is 5.32 Å². The van der Waals surface area contributed by atoms with Crippen molar-refractivity contribution >= 4 is 9.84 Å². The van der Waals surface area contributed by atoms with Crippen LogP contribution in [0.15, 0.2) is 30.3 Å². The lowest BCUT2D eigenvalue weighted by atomic mass is 10.1. The van der Waals surface area contributed by atoms with Crippen molar-refractivity contribution in [2.24, 2.45) is 0 Å². The first kappa shape index (κ1) is 12.6. The predicted octanol–water partition coefficient (Wildman–Crippen LogP) is 1.74. The maximum atomic E-state index is 11.6. The molecule has 0 radical (unpaired) electrons. The first-order valence-electron chi connectivity index (χ1n) is 6.07. The molecule has 1 aromatic rings. The molecule has 2 rings (SSSR count). The van der Waals surface area contributed by atoms with Crippen LogP contribution < -0.4 is 5.32 Å². The summed E-state index contributed by atoms with van der Waals surface area (Å²) < 4.78 is 23.1. The highest BCUT2D eigenvalue weighted by Crippen LogP contribution is 2.19. The molecule has 1 heterocycles. The third kappa shape index (κ3) is 3.30. The van der Waals surface area contributed by atoms with Crippen molar-refractivity contribution in [3.8, 4) is 0 Å². The number of hydrogen-bond acceptors (Lipinski definition) is 3. The highest BCUT2D eigenvalue weighted by atomic mass is 32.2. The Balaban J connectivity index is 1.86. The average Bonchev–Trinajstić information content (AvgIpc) is 2.32. The topological polar surface area (TPSA) is 46.2 Å². The second-order valence-electron chi connectivity index (χ2n) is 4.77. The van der Waals surface area contributed by atoms with Gasteiger partial charge in [0.25, 0.3) is 0 Å². The van der Waals surface area contributed by atoms with Gasteiger partial charge in [0.2, 0.25) is 0 Å². The first-order valence-corrected chi connectivity index (χ1v) is 7.78. The molecule has 94 valence electrons. The van der Waals surface area contributed by atoms with E-state index in [1.807, 2.05) is 25.1 Å². The quantitative estimate of drug-likeness (QED) is 0.892. The van der Waals surface area contributed by atoms with Gasteiger partial charge < -0.3 is 5.32 Å². The highest BCUT2D eigenvalue weighted by Gasteiger charge is 2.30. The number of sulfone groups is 1. The van der Waals surface area contributed by atoms with Crippen molar-refractivity contribution < 1.29 is 8.42 Å². The lowest BCUT2D eigenvalue weighted by Crippen LogP contribution is -2.41. The van der Waals surface area contributed by atoms with E-state index >= 15 is 0 Å². The van der Waals surface area contributed by atoms with Crippen molar-refractivity contribution in [3.63, 3.8) is 0 Å². The molecule has 1 fully saturated rings. The summed E-state index contributed by atoms with van der Waals surface area (Å²) in [7, 11) is -2.82. The summed E-state index contributed by atoms with van der Waals surface area (Å²) in [5, 5.41) is 3.24. The summed E-state index contributed by atoms with van der Waals surface area (Å²) in [6.45, 7) is 2.63. The van der Waals surface area contributed by atoms with Gasteiger partial charge in [0.1, 0.15) is 0 Å². The zero-order valence-corrected chi connectivity index (χ0v) is 10.9. The average molecular weight is 253 g/mol. The fourth-order valence-corrected chi connectivity index (χ4v) is 3.76. The SMILES string of the molecule is C[C@@H]1C[C@H](NCc2ccccc2)CCS1(=O)=O. The maximum Gasteiger partial charge on any atom is 0.153 e. The van der Waals surface area contributed by atoms with Crippen LogP contribution in [0.2, 0.25) is 0 Å². The van der Waals surface area contributed by atoms with E-state index in [-0.39, 0.29) is 5.25 Å². The molecule has 4 heteroatoms. The Hall–Kier alpha value is -0.870. The van der Waals surface area contributed by atoms with Gasteiger partial charge in [-0.1, -0.05) is 30.3 Å². The molecule has 1 aliphatic rings. The molecule has 0 bridgehead atoms. The second-order valence-corrected chi connectivity index (χ2v) is 7.30. The minimum Gasteiger partial charge on any atom is -0.310 e. The molecule has 1 saturated heterocycles. The molecule has 1 aliphatic heterocycles. The summed E-state index contributed by atoms with van der Waals surface area (Å²) in [5.41, 5.74) is 1.24. The molecular formula is C13H19NO2S. The Bertz CT molecular complexity index is 456. The number of hydrogen-bond donors (Lipinski definition) is 1. The molecule has 1 aromatic carbocycles. The molecule has 0 saturated carbocycles. The molecule has 0 spiro atoms. The summed E-state index contributed by atoms with van der Waals surface area (Å²) >= 11 is 0. The molecule has 0 amide bonds. The zero-order chi connectivity index (χ0) is 12.3. The maximum absolute atomic E-state index is 11.6. The molecule has 1 N–H and O–H groups in total. The van der Waals surface area contributed by atoms with E-state index < -0.39 is 9.84 Å². The minimum atomic E-state index is -2.82. The Kier molecular flexibility index (Phi) is 3.84. The molecule has 0 aliphatic carbocycles. The molecular weight excluding hydrogens is 234 g/mol. The largest absolute Gasteiger partial charge is 0.310 e. The second kappa shape index (κ2) is 5.19. The van der Waals surface area contributed by atoms with Gasteiger partial charge in [-0.3, -0.25) is 0 Å². The molecule has 0 aromatic heterocycles. The van der Waals surface area contributed by atoms with Crippen LogP contribution in [-0.4, -0.2) is 25.5 Å². The van der Waals surface area contributed by atoms with Crippen molar-refractivity contribution in [1.29, 1.82) is 0 Å². The van der Waals surface area contributed by atoms with Gasteiger partial charge in [-0.2, -0.15) is 0 Å². The zero-order valence-electron chi connectivity index (χ0n) is 10.1. The summed E-state index contributed by atoms with van der Waals surface area (Å²) in [6.07, 6.45) is 1.47. The third-order valence-corrected chi connectivity index (χ3v) is 5.64. The summed E-state index contributed by atoms with van der Waals surface area (Å²) in [4.78, 5) is 0. The van der Waals surface area contributed by atoms with Crippen LogP contribution in [0.4, 0.5) is 0 Å². The van der Waals surface area contributed by atoms with E-state index in [1.54, 1.807) is 0 Å². The lowest BCUT2D eigenvalue weighted by molar-refractivity contribution is 0.436. The fraction of sp³-hybridized carbons (Fsp3) is 0.538. The van der Waals surface area contributed by atoms with Crippen molar-refractivity contribution in [2.75, 3.05) is 5.75 Å². The number of rotatable bonds is 3. The van der Waals surface area contributed by atoms with Gasteiger partial charge in [-0.25, -0.2) is 8.42 Å². The fourth-order valence-electron chi connectivity index (χ4n) is 2.22. The van der Waals surface area contributed by atoms with E-state index in [4.69, 9.17) is 0 Å². The van der Waals surface area contributed by atoms with Crippen LogP contribution >= 0.6 is 0 Å². The van der Waals surface area contributed by atoms with Gasteiger partial charge in [0.15, 0.2) is 9.84 Å². The van der Waals surface area contributed by atoms with Crippen LogP contribution in [0.5, 0.6) is 0 Å². The Morgan fingerprint density at radius 1 is 1.29 bits per heavy atom. The van der Waals surface area contributed by atoms with Crippen LogP contribution in [-0.2, 0) is 16.4 Å². The lowest BCUT2D eigenvalue weighted by Gasteiger charge is -2.27. The number of benzene rings is 1. The monoisotopic (exact) mass is 253 g/mol. The van der Waals surface area contributed by atoms with Gasteiger partial charge >= 0.3 is 0 Å². The minimum absolute atomic E-state index is 0.204. The van der Waals surface area contributed by atoms with E-state index in [9.17, 15) is 8.42 Å². The highest BCUT2D eigenvalue weighted by molar-refractivity contribution is 7.92. The van der Waals surface area contributed by atoms with E-state index in [0.717, 1.165) is 19.4 Å². The van der Waals surface area contributed by atoms with E-state index in [0.29, 0.717) is 11.8 Å². The first-order chi connectivity index (χ1) is 8.08. The predicted molar refractivity (Wildman–Crippen MR) is 69.6 cm³/mol. The Labute approximate surface area is 103 Å². The van der Waals surface area contributed by atoms with Gasteiger partial charge in [0, 0.05) is 12.6 Å². The van der Waals surface area contributed by atoms with Gasteiger partial charge in [-0.05, 0) is 25.3 Å². The molecule has 17 heavy (non-hydrogen) atoms. The van der Waals surface area contributed by atoms with Crippen LogP contribution in [0.25, 0.3) is 0 Å². The standard InChI is InChI=1S/C13H19NO2S/c1-11-9-13(7-8-17(11,15)16)14-10-12-5-3-2-4-6-12/h2-6,11,13-14H,7-10H2,1H3/t11-,13-/m1/s1. The Morgan fingerprint density at radius 3 is 2.65 bits per heavy atom. The molecule has 3 nitrogen and oxygen atoms in total. The van der Waals surface area contributed by atoms with Crippen molar-refractivity contribution in [2.45, 2.75) is 37.6 Å². The Morgan fingerprint density at radius 2 is 2.00 bits per heavy atom. The van der Waals surface area contributed by atoms with Crippen LogP contribution in [0, 0.1) is 0 Å². The molecule has 2 atom stereocenters. The van der Waals surface area contributed by atoms with E-state index in [2.05, 4.69) is 17.4 Å². The summed E-state index contributed by atoms with van der Waals surface area (Å²) in [6, 6.07) is 10.5. The molecule has 0 unspecified atom stereocenters. The van der Waals surface area contributed by atoms with Gasteiger partial charge in [-0.15, -0.1) is 0 Å². The van der Waals surface area contributed by atoms with Crippen LogP contribution in [0.1, 0.15) is 25.3 Å². The summed E-state index contributed by atoms with van der Waals surface area (Å²) in [5.74, 6) is 0.320. The third-order valence-electron chi connectivity index (χ3n) is 3.42. The normalized spacial score (nSPS) is 27.8. The smallest absolute Gasteiger partial charge is 0.153 e. The van der Waals surface area contributed by atoms with E-state index in [1.165, 1.54) is 5.56 Å². The number of nitrogens with one attached hydrogen (secondary N) is 1. The van der Waals surface area contributed by atoms with Crippen molar-refractivity contribution in [3.05, 3.63) is 35.9 Å².